The van der Waals surface area contributed by atoms with Gasteiger partial charge in [-0.3, -0.25) is 19.7 Å². The first-order valence-corrected chi connectivity index (χ1v) is 17.1. The quantitative estimate of drug-likeness (QED) is 0.194. The highest BCUT2D eigenvalue weighted by atomic mass is 79.9. The summed E-state index contributed by atoms with van der Waals surface area (Å²) in [6.07, 6.45) is 0. The van der Waals surface area contributed by atoms with Crippen LogP contribution in [0.5, 0.6) is 0 Å². The maximum atomic E-state index is 15.8. The summed E-state index contributed by atoms with van der Waals surface area (Å²) in [7, 11) is 0. The summed E-state index contributed by atoms with van der Waals surface area (Å²) in [5.41, 5.74) is 1.92. The van der Waals surface area contributed by atoms with Crippen molar-refractivity contribution < 1.29 is 14.4 Å². The fourth-order valence-corrected chi connectivity index (χ4v) is 8.91. The largest absolute Gasteiger partial charge is 0.307 e. The predicted octanol–water partition coefficient (Wildman–Crippen LogP) is 7.88. The number of ketones is 1. The highest BCUT2D eigenvalue weighted by Gasteiger charge is 2.79. The first-order valence-electron chi connectivity index (χ1n) is 15.9. The molecule has 238 valence electrons. The van der Waals surface area contributed by atoms with Gasteiger partial charge in [0.15, 0.2) is 0 Å². The first kappa shape index (κ1) is 30.8. The molecule has 6 nitrogen and oxygen atoms in total. The van der Waals surface area contributed by atoms with Crippen molar-refractivity contribution >= 4 is 56.5 Å². The highest BCUT2D eigenvalue weighted by molar-refractivity contribution is 9.10. The molecule has 0 radical (unpaired) electrons. The van der Waals surface area contributed by atoms with Gasteiger partial charge in [0, 0.05) is 26.8 Å². The van der Waals surface area contributed by atoms with Crippen LogP contribution in [0.25, 0.3) is 0 Å². The van der Waals surface area contributed by atoms with E-state index in [-0.39, 0.29) is 30.7 Å². The highest BCUT2D eigenvalue weighted by Crippen LogP contribution is 2.67. The van der Waals surface area contributed by atoms with E-state index in [0.29, 0.717) is 27.5 Å². The minimum absolute atomic E-state index is 0.193. The summed E-state index contributed by atoms with van der Waals surface area (Å²) in [4.78, 5) is 49.2. The van der Waals surface area contributed by atoms with E-state index in [9.17, 15) is 4.79 Å². The van der Waals surface area contributed by atoms with Crippen molar-refractivity contribution in [2.75, 3.05) is 9.80 Å². The number of rotatable bonds is 6. The van der Waals surface area contributed by atoms with Crippen LogP contribution in [0.1, 0.15) is 40.8 Å². The van der Waals surface area contributed by atoms with Gasteiger partial charge in [-0.05, 0) is 59.5 Å². The average molecular weight is 717 g/mol. The lowest BCUT2D eigenvalue weighted by Crippen LogP contribution is -2.63. The molecule has 0 bridgehead atoms. The lowest BCUT2D eigenvalue weighted by Gasteiger charge is -2.41. The summed E-state index contributed by atoms with van der Waals surface area (Å²) in [6, 6.07) is 39.7. The minimum atomic E-state index is -1.67. The fourth-order valence-electron chi connectivity index (χ4n) is 8.39. The number of nitrogens with one attached hydrogen (secondary N) is 1. The number of hydrogen-bond acceptors (Lipinski definition) is 4. The number of carbonyl (C=O) groups is 3. The molecule has 1 N–H and O–H groups in total. The smallest absolute Gasteiger partial charge is 0.253 e. The molecule has 1 fully saturated rings. The van der Waals surface area contributed by atoms with Gasteiger partial charge in [-0.25, -0.2) is 0 Å². The molecule has 2 amide bonds. The zero-order chi connectivity index (χ0) is 33.2. The van der Waals surface area contributed by atoms with Crippen LogP contribution in [0.15, 0.2) is 132 Å². The van der Waals surface area contributed by atoms with Crippen molar-refractivity contribution in [2.45, 2.75) is 37.0 Å². The van der Waals surface area contributed by atoms with Crippen LogP contribution in [-0.2, 0) is 38.4 Å². The molecular weight excluding hydrogens is 686 g/mol. The molecule has 48 heavy (non-hydrogen) atoms. The molecule has 1 saturated heterocycles. The molecule has 3 heterocycles. The Morgan fingerprint density at radius 2 is 1.31 bits per heavy atom. The number of benzene rings is 5. The van der Waals surface area contributed by atoms with Gasteiger partial charge in [0.25, 0.3) is 5.91 Å². The molecule has 0 aromatic heterocycles. The topological polar surface area (TPSA) is 69.7 Å². The number of halogens is 2. The molecule has 0 unspecified atom stereocenters. The number of carbonyl (C=O) groups excluding carboxylic acids is 3. The second kappa shape index (κ2) is 11.5. The molecule has 8 heteroatoms. The molecule has 2 spiro atoms. The predicted molar refractivity (Wildman–Crippen MR) is 191 cm³/mol. The first-order chi connectivity index (χ1) is 23.3. The van der Waals surface area contributed by atoms with Gasteiger partial charge in [0.05, 0.1) is 24.7 Å². The molecule has 5 aromatic carbocycles. The van der Waals surface area contributed by atoms with E-state index in [1.54, 1.807) is 21.9 Å². The third-order valence-electron chi connectivity index (χ3n) is 10.2. The zero-order valence-corrected chi connectivity index (χ0v) is 28.4. The van der Waals surface area contributed by atoms with Gasteiger partial charge in [-0.2, -0.15) is 0 Å². The number of anilines is 2. The fraction of sp³-hybridized carbons (Fsp3) is 0.175. The maximum Gasteiger partial charge on any atom is 0.253 e. The third-order valence-corrected chi connectivity index (χ3v) is 10.9. The van der Waals surface area contributed by atoms with Gasteiger partial charge < -0.3 is 9.80 Å². The van der Waals surface area contributed by atoms with Gasteiger partial charge >= 0.3 is 0 Å². The van der Waals surface area contributed by atoms with Gasteiger partial charge in [-0.15, -0.1) is 0 Å². The summed E-state index contributed by atoms with van der Waals surface area (Å²) in [5, 5.41) is 4.17. The van der Waals surface area contributed by atoms with E-state index in [4.69, 9.17) is 11.6 Å². The molecular formula is C40H31BrClN3O3. The molecule has 0 aliphatic carbocycles. The van der Waals surface area contributed by atoms with Crippen LogP contribution in [0.3, 0.4) is 0 Å². The normalized spacial score (nSPS) is 24.1. The Morgan fingerprint density at radius 3 is 1.92 bits per heavy atom. The Hall–Kier alpha value is -4.56. The summed E-state index contributed by atoms with van der Waals surface area (Å²) in [6.45, 7) is 2.08. The Bertz CT molecular complexity index is 2090. The van der Waals surface area contributed by atoms with E-state index in [0.717, 1.165) is 21.2 Å². The zero-order valence-electron chi connectivity index (χ0n) is 26.1. The van der Waals surface area contributed by atoms with Crippen LogP contribution in [0.4, 0.5) is 11.4 Å². The van der Waals surface area contributed by atoms with Gasteiger partial charge in [-0.1, -0.05) is 125 Å². The van der Waals surface area contributed by atoms with Gasteiger partial charge in [0.2, 0.25) is 5.91 Å². The molecule has 8 rings (SSSR count). The second-order valence-electron chi connectivity index (χ2n) is 12.8. The Kier molecular flexibility index (Phi) is 7.40. The average Bonchev–Trinajstić information content (AvgIpc) is 3.63. The summed E-state index contributed by atoms with van der Waals surface area (Å²) < 4.78 is 0.797. The monoisotopic (exact) mass is 715 g/mol. The Morgan fingerprint density at radius 1 is 0.729 bits per heavy atom. The summed E-state index contributed by atoms with van der Waals surface area (Å²) >= 11 is 10.4. The minimum Gasteiger partial charge on any atom is -0.307 e. The molecule has 0 saturated carbocycles. The van der Waals surface area contributed by atoms with Crippen LogP contribution in [0, 0.1) is 5.92 Å². The van der Waals surface area contributed by atoms with Crippen molar-refractivity contribution in [3.05, 3.63) is 165 Å². The van der Waals surface area contributed by atoms with Gasteiger partial charge in [0.1, 0.15) is 16.7 Å². The Balaban J connectivity index is 1.45. The van der Waals surface area contributed by atoms with E-state index >= 15 is 9.59 Å². The van der Waals surface area contributed by atoms with Crippen molar-refractivity contribution in [2.24, 2.45) is 5.92 Å². The number of nitrogens with zero attached hydrogens (tertiary/aromatic N) is 2. The van der Waals surface area contributed by atoms with Crippen LogP contribution in [0.2, 0.25) is 5.02 Å². The van der Waals surface area contributed by atoms with Crippen LogP contribution >= 0.6 is 27.5 Å². The van der Waals surface area contributed by atoms with Crippen molar-refractivity contribution in [3.8, 4) is 0 Å². The molecule has 3 aliphatic rings. The lowest BCUT2D eigenvalue weighted by atomic mass is 9.57. The van der Waals surface area contributed by atoms with E-state index < -0.39 is 22.9 Å². The molecule has 5 aromatic rings. The number of fused-ring (bicyclic) bond motifs is 5. The standard InChI is InChI=1S/C40H31BrClN3O3/c1-25(46)35-36(28-15-9-4-10-16-28)43-40(31-19-17-29(41)21-34(31)45(38(40)48)24-27-13-7-3-8-14-27)39(35)32-22-30(42)18-20-33(32)44(37(39)47)23-26-11-5-2-6-12-26/h2-22,35-36,43H,23-24H2,1H3/t35-,36-,39-,40+/m0/s1. The number of hydrogen-bond donors (Lipinski definition) is 1. The van der Waals surface area contributed by atoms with Crippen LogP contribution in [-0.4, -0.2) is 17.6 Å². The molecule has 3 aliphatic heterocycles. The van der Waals surface area contributed by atoms with Crippen molar-refractivity contribution in [1.29, 1.82) is 0 Å². The third kappa shape index (κ3) is 4.31. The van der Waals surface area contributed by atoms with E-state index in [1.165, 1.54) is 6.92 Å². The number of Topliss-reactive ketones (excluding diaryl/α,β-unsaturated/α-hetero) is 1. The summed E-state index contributed by atoms with van der Waals surface area (Å²) in [5.74, 6) is -1.73. The van der Waals surface area contributed by atoms with Crippen molar-refractivity contribution in [1.82, 2.24) is 5.32 Å². The maximum absolute atomic E-state index is 15.8. The number of amides is 2. The van der Waals surface area contributed by atoms with E-state index in [1.807, 2.05) is 115 Å². The SMILES string of the molecule is CC(=O)[C@H]1[C@H](c2ccccc2)N[C@]2(C(=O)N(Cc3ccccc3)c3cc(Br)ccc32)[C@]12C(=O)N(Cc1ccccc1)c1ccc(Cl)cc12. The lowest BCUT2D eigenvalue weighted by molar-refractivity contribution is -0.138. The van der Waals surface area contributed by atoms with E-state index in [2.05, 4.69) is 21.2 Å². The van der Waals surface area contributed by atoms with Crippen LogP contribution < -0.4 is 15.1 Å². The Labute approximate surface area is 292 Å². The van der Waals surface area contributed by atoms with Crippen molar-refractivity contribution in [3.63, 3.8) is 0 Å². The second-order valence-corrected chi connectivity index (χ2v) is 14.1. The molecule has 4 atom stereocenters.